The lowest BCUT2D eigenvalue weighted by Crippen LogP contribution is -2.11. The number of aryl methyl sites for hydroxylation is 1. The van der Waals surface area contributed by atoms with Gasteiger partial charge in [-0.3, -0.25) is 0 Å². The Hall–Kier alpha value is -1.49. The molecule has 0 spiro atoms. The van der Waals surface area contributed by atoms with E-state index in [0.29, 0.717) is 11.4 Å². The predicted octanol–water partition coefficient (Wildman–Crippen LogP) is 4.50. The fraction of sp³-hybridized carbons (Fsp3) is 0.333. The van der Waals surface area contributed by atoms with Crippen LogP contribution in [-0.4, -0.2) is 9.97 Å². The second kappa shape index (κ2) is 6.79. The van der Waals surface area contributed by atoms with Gasteiger partial charge in [-0.2, -0.15) is 0 Å². The number of hydrogen-bond donors (Lipinski definition) is 1. The average Bonchev–Trinajstić information content (AvgIpc) is 2.38. The van der Waals surface area contributed by atoms with E-state index in [-0.39, 0.29) is 11.9 Å². The zero-order chi connectivity index (χ0) is 14.5. The van der Waals surface area contributed by atoms with Crippen LogP contribution < -0.4 is 5.32 Å². The lowest BCUT2D eigenvalue weighted by atomic mass is 10.1. The fourth-order valence-electron chi connectivity index (χ4n) is 2.00. The standard InChI is InChI=1S/C15H17BrFN3/c1-3-6-14-19-13(16)9-15(20-14)18-10(2)11-7-4-5-8-12(11)17/h4-5,7-10H,3,6H2,1-2H3,(H,18,19,20). The van der Waals surface area contributed by atoms with Gasteiger partial charge in [0, 0.05) is 18.1 Å². The van der Waals surface area contributed by atoms with Crippen LogP contribution in [0.1, 0.15) is 37.7 Å². The van der Waals surface area contributed by atoms with Crippen molar-refractivity contribution in [3.63, 3.8) is 0 Å². The van der Waals surface area contributed by atoms with Gasteiger partial charge in [-0.05, 0) is 35.3 Å². The van der Waals surface area contributed by atoms with Crippen LogP contribution in [0.5, 0.6) is 0 Å². The maximum atomic E-state index is 13.7. The maximum Gasteiger partial charge on any atom is 0.132 e. The van der Waals surface area contributed by atoms with Crippen molar-refractivity contribution in [2.75, 3.05) is 5.32 Å². The first-order valence-electron chi connectivity index (χ1n) is 6.64. The SMILES string of the molecule is CCCc1nc(Br)cc(NC(C)c2ccccc2F)n1. The first kappa shape index (κ1) is 14.9. The second-order valence-corrected chi connectivity index (χ2v) is 5.44. The second-order valence-electron chi connectivity index (χ2n) is 4.63. The highest BCUT2D eigenvalue weighted by Crippen LogP contribution is 2.22. The van der Waals surface area contributed by atoms with Gasteiger partial charge in [0.05, 0.1) is 6.04 Å². The molecule has 1 aromatic carbocycles. The molecule has 1 aromatic heterocycles. The Morgan fingerprint density at radius 1 is 1.30 bits per heavy atom. The number of nitrogens with one attached hydrogen (secondary N) is 1. The summed E-state index contributed by atoms with van der Waals surface area (Å²) >= 11 is 3.38. The molecule has 0 radical (unpaired) electrons. The quantitative estimate of drug-likeness (QED) is 0.816. The van der Waals surface area contributed by atoms with E-state index >= 15 is 0 Å². The van der Waals surface area contributed by atoms with Crippen molar-refractivity contribution < 1.29 is 4.39 Å². The summed E-state index contributed by atoms with van der Waals surface area (Å²) in [5, 5.41) is 3.22. The maximum absolute atomic E-state index is 13.7. The molecule has 0 bridgehead atoms. The van der Waals surface area contributed by atoms with E-state index in [1.54, 1.807) is 18.2 Å². The summed E-state index contributed by atoms with van der Waals surface area (Å²) in [4.78, 5) is 8.76. The average molecular weight is 338 g/mol. The molecule has 0 aliphatic heterocycles. The number of rotatable bonds is 5. The summed E-state index contributed by atoms with van der Waals surface area (Å²) < 4.78 is 14.5. The lowest BCUT2D eigenvalue weighted by Gasteiger charge is -2.16. The summed E-state index contributed by atoms with van der Waals surface area (Å²) in [6, 6.07) is 8.40. The molecule has 0 fully saturated rings. The molecule has 3 nitrogen and oxygen atoms in total. The van der Waals surface area contributed by atoms with Crippen molar-refractivity contribution in [2.45, 2.75) is 32.7 Å². The Kier molecular flexibility index (Phi) is 5.06. The van der Waals surface area contributed by atoms with Crippen molar-refractivity contribution >= 4 is 21.7 Å². The first-order valence-corrected chi connectivity index (χ1v) is 7.44. The Bertz CT molecular complexity index is 589. The van der Waals surface area contributed by atoms with Crippen molar-refractivity contribution in [2.24, 2.45) is 0 Å². The third-order valence-corrected chi connectivity index (χ3v) is 3.36. The van der Waals surface area contributed by atoms with Crippen LogP contribution in [0.2, 0.25) is 0 Å². The molecular weight excluding hydrogens is 321 g/mol. The lowest BCUT2D eigenvalue weighted by molar-refractivity contribution is 0.600. The van der Waals surface area contributed by atoms with Crippen molar-refractivity contribution in [1.82, 2.24) is 9.97 Å². The number of benzene rings is 1. The Morgan fingerprint density at radius 2 is 2.05 bits per heavy atom. The van der Waals surface area contributed by atoms with E-state index in [0.717, 1.165) is 23.3 Å². The Morgan fingerprint density at radius 3 is 2.75 bits per heavy atom. The highest BCUT2D eigenvalue weighted by atomic mass is 79.9. The highest BCUT2D eigenvalue weighted by Gasteiger charge is 2.11. The molecule has 0 aliphatic rings. The minimum Gasteiger partial charge on any atom is -0.363 e. The van der Waals surface area contributed by atoms with Crippen LogP contribution in [0.15, 0.2) is 34.9 Å². The van der Waals surface area contributed by atoms with Gasteiger partial charge in [0.15, 0.2) is 0 Å². The monoisotopic (exact) mass is 337 g/mol. The highest BCUT2D eigenvalue weighted by molar-refractivity contribution is 9.10. The molecule has 2 rings (SSSR count). The van der Waals surface area contributed by atoms with Gasteiger partial charge in [-0.15, -0.1) is 0 Å². The predicted molar refractivity (Wildman–Crippen MR) is 82.2 cm³/mol. The molecule has 20 heavy (non-hydrogen) atoms. The van der Waals surface area contributed by atoms with Crippen LogP contribution in [-0.2, 0) is 6.42 Å². The molecule has 0 saturated carbocycles. The molecule has 1 atom stereocenters. The van der Waals surface area contributed by atoms with Gasteiger partial charge in [0.1, 0.15) is 22.1 Å². The number of aromatic nitrogens is 2. The van der Waals surface area contributed by atoms with Gasteiger partial charge < -0.3 is 5.32 Å². The molecule has 0 saturated heterocycles. The molecule has 1 unspecified atom stereocenters. The first-order chi connectivity index (χ1) is 9.60. The van der Waals surface area contributed by atoms with E-state index in [1.165, 1.54) is 6.07 Å². The van der Waals surface area contributed by atoms with Crippen molar-refractivity contribution in [3.8, 4) is 0 Å². The molecule has 0 amide bonds. The summed E-state index contributed by atoms with van der Waals surface area (Å²) in [5.41, 5.74) is 0.624. The topological polar surface area (TPSA) is 37.8 Å². The molecule has 5 heteroatoms. The zero-order valence-electron chi connectivity index (χ0n) is 11.5. The molecular formula is C15H17BrFN3. The molecule has 0 aliphatic carbocycles. The molecule has 1 heterocycles. The number of halogens is 2. The third kappa shape index (κ3) is 3.76. The summed E-state index contributed by atoms with van der Waals surface area (Å²) in [6.45, 7) is 3.99. The summed E-state index contributed by atoms with van der Waals surface area (Å²) in [5.74, 6) is 1.27. The van der Waals surface area contributed by atoms with Crippen molar-refractivity contribution in [1.29, 1.82) is 0 Å². The zero-order valence-corrected chi connectivity index (χ0v) is 13.1. The van der Waals surface area contributed by atoms with Crippen molar-refractivity contribution in [3.05, 3.63) is 52.1 Å². The van der Waals surface area contributed by atoms with Gasteiger partial charge >= 0.3 is 0 Å². The molecule has 1 N–H and O–H groups in total. The fourth-order valence-corrected chi connectivity index (χ4v) is 2.42. The number of anilines is 1. The minimum atomic E-state index is -0.214. The van der Waals surface area contributed by atoms with Crippen LogP contribution in [0.3, 0.4) is 0 Å². The van der Waals surface area contributed by atoms with Gasteiger partial charge in [0.2, 0.25) is 0 Å². The Balaban J connectivity index is 2.19. The van der Waals surface area contributed by atoms with E-state index in [2.05, 4.69) is 38.1 Å². The van der Waals surface area contributed by atoms with Crippen LogP contribution >= 0.6 is 15.9 Å². The van der Waals surface area contributed by atoms with E-state index in [1.807, 2.05) is 13.0 Å². The minimum absolute atomic E-state index is 0.160. The third-order valence-electron chi connectivity index (χ3n) is 2.95. The van der Waals surface area contributed by atoms with Crippen LogP contribution in [0, 0.1) is 5.82 Å². The normalized spacial score (nSPS) is 12.2. The van der Waals surface area contributed by atoms with E-state index in [4.69, 9.17) is 0 Å². The van der Waals surface area contributed by atoms with Gasteiger partial charge in [-0.1, -0.05) is 25.1 Å². The smallest absolute Gasteiger partial charge is 0.132 e. The number of nitrogens with zero attached hydrogens (tertiary/aromatic N) is 2. The Labute approximate surface area is 126 Å². The summed E-state index contributed by atoms with van der Waals surface area (Å²) in [7, 11) is 0. The largest absolute Gasteiger partial charge is 0.363 e. The summed E-state index contributed by atoms with van der Waals surface area (Å²) in [6.07, 6.45) is 1.81. The van der Waals surface area contributed by atoms with Crippen LogP contribution in [0.25, 0.3) is 0 Å². The van der Waals surface area contributed by atoms with Gasteiger partial charge in [-0.25, -0.2) is 14.4 Å². The molecule has 2 aromatic rings. The van der Waals surface area contributed by atoms with E-state index < -0.39 is 0 Å². The number of hydrogen-bond acceptors (Lipinski definition) is 3. The van der Waals surface area contributed by atoms with Gasteiger partial charge in [0.25, 0.3) is 0 Å². The van der Waals surface area contributed by atoms with E-state index in [9.17, 15) is 4.39 Å². The van der Waals surface area contributed by atoms with Crippen LogP contribution in [0.4, 0.5) is 10.2 Å². The molecule has 106 valence electrons.